The van der Waals surface area contributed by atoms with Gasteiger partial charge in [-0.1, -0.05) is 42.8 Å². The summed E-state index contributed by atoms with van der Waals surface area (Å²) in [6, 6.07) is 9.45. The molecule has 20 heavy (non-hydrogen) atoms. The Morgan fingerprint density at radius 1 is 1.15 bits per heavy atom. The second-order valence-corrected chi connectivity index (χ2v) is 6.39. The quantitative estimate of drug-likeness (QED) is 0.904. The Kier molecular flexibility index (Phi) is 4.28. The molecule has 0 spiro atoms. The fourth-order valence-corrected chi connectivity index (χ4v) is 1.97. The van der Waals surface area contributed by atoms with Crippen LogP contribution in [0.2, 0.25) is 0 Å². The first kappa shape index (κ1) is 14.8. The highest BCUT2D eigenvalue weighted by Gasteiger charge is 2.19. The zero-order chi connectivity index (χ0) is 14.8. The first-order valence-electron chi connectivity index (χ1n) is 6.39. The molecule has 0 atom stereocenters. The van der Waals surface area contributed by atoms with E-state index in [1.54, 1.807) is 6.07 Å². The van der Waals surface area contributed by atoms with Gasteiger partial charge in [0.05, 0.1) is 0 Å². The SMILES string of the molecule is CNc1cc(Oc2cccc(Br)c2)nc(C(C)(C)C)n1. The number of nitrogens with zero attached hydrogens (tertiary/aromatic N) is 2. The molecule has 1 N–H and O–H groups in total. The van der Waals surface area contributed by atoms with Crippen molar-refractivity contribution in [3.05, 3.63) is 40.6 Å². The highest BCUT2D eigenvalue weighted by molar-refractivity contribution is 9.10. The van der Waals surface area contributed by atoms with E-state index in [1.165, 1.54) is 0 Å². The van der Waals surface area contributed by atoms with Crippen molar-refractivity contribution in [3.63, 3.8) is 0 Å². The number of hydrogen-bond acceptors (Lipinski definition) is 4. The average molecular weight is 336 g/mol. The smallest absolute Gasteiger partial charge is 0.224 e. The number of ether oxygens (including phenoxy) is 1. The van der Waals surface area contributed by atoms with E-state index >= 15 is 0 Å². The minimum atomic E-state index is -0.137. The molecule has 4 nitrogen and oxygen atoms in total. The predicted octanol–water partition coefficient (Wildman–Crippen LogP) is 4.37. The summed E-state index contributed by atoms with van der Waals surface area (Å²) in [6.45, 7) is 6.22. The van der Waals surface area contributed by atoms with Gasteiger partial charge in [0.2, 0.25) is 5.88 Å². The molecule has 0 amide bonds. The molecular formula is C15H18BrN3O. The van der Waals surface area contributed by atoms with Crippen molar-refractivity contribution in [2.24, 2.45) is 0 Å². The van der Waals surface area contributed by atoms with E-state index in [1.807, 2.05) is 31.3 Å². The van der Waals surface area contributed by atoms with Crippen LogP contribution in [-0.2, 0) is 5.41 Å². The van der Waals surface area contributed by atoms with Gasteiger partial charge in [-0.25, -0.2) is 4.98 Å². The van der Waals surface area contributed by atoms with Crippen molar-refractivity contribution in [1.82, 2.24) is 9.97 Å². The Bertz CT molecular complexity index is 608. The van der Waals surface area contributed by atoms with Crippen LogP contribution in [0.15, 0.2) is 34.8 Å². The monoisotopic (exact) mass is 335 g/mol. The fraction of sp³-hybridized carbons (Fsp3) is 0.333. The van der Waals surface area contributed by atoms with Crippen molar-refractivity contribution >= 4 is 21.7 Å². The van der Waals surface area contributed by atoms with Gasteiger partial charge in [-0.3, -0.25) is 0 Å². The number of hydrogen-bond donors (Lipinski definition) is 1. The normalized spacial score (nSPS) is 11.2. The lowest BCUT2D eigenvalue weighted by atomic mass is 9.96. The average Bonchev–Trinajstić information content (AvgIpc) is 2.37. The molecule has 0 aliphatic carbocycles. The molecule has 0 fully saturated rings. The van der Waals surface area contributed by atoms with Gasteiger partial charge in [0.25, 0.3) is 0 Å². The molecule has 2 aromatic rings. The topological polar surface area (TPSA) is 47.0 Å². The Hall–Kier alpha value is -1.62. The Labute approximate surface area is 127 Å². The minimum absolute atomic E-state index is 0.137. The van der Waals surface area contributed by atoms with E-state index in [9.17, 15) is 0 Å². The number of halogens is 1. The molecule has 1 heterocycles. The van der Waals surface area contributed by atoms with Crippen LogP contribution in [0.5, 0.6) is 11.6 Å². The summed E-state index contributed by atoms with van der Waals surface area (Å²) in [5.74, 6) is 2.76. The van der Waals surface area contributed by atoms with E-state index in [-0.39, 0.29) is 5.41 Å². The van der Waals surface area contributed by atoms with Crippen molar-refractivity contribution in [3.8, 4) is 11.6 Å². The fourth-order valence-electron chi connectivity index (χ4n) is 1.59. The summed E-state index contributed by atoms with van der Waals surface area (Å²) in [7, 11) is 1.83. The van der Waals surface area contributed by atoms with Crippen molar-refractivity contribution in [2.75, 3.05) is 12.4 Å². The van der Waals surface area contributed by atoms with Gasteiger partial charge in [-0.15, -0.1) is 0 Å². The lowest BCUT2D eigenvalue weighted by Crippen LogP contribution is -2.17. The van der Waals surface area contributed by atoms with Gasteiger partial charge in [-0.05, 0) is 18.2 Å². The molecule has 0 bridgehead atoms. The lowest BCUT2D eigenvalue weighted by Gasteiger charge is -2.18. The molecular weight excluding hydrogens is 318 g/mol. The highest BCUT2D eigenvalue weighted by Crippen LogP contribution is 2.27. The third-order valence-electron chi connectivity index (χ3n) is 2.65. The molecule has 0 saturated heterocycles. The van der Waals surface area contributed by atoms with Crippen LogP contribution in [0, 0.1) is 0 Å². The molecule has 1 aromatic carbocycles. The second-order valence-electron chi connectivity index (χ2n) is 5.47. The van der Waals surface area contributed by atoms with Crippen LogP contribution in [0.3, 0.4) is 0 Å². The van der Waals surface area contributed by atoms with Crippen LogP contribution in [0.25, 0.3) is 0 Å². The summed E-state index contributed by atoms with van der Waals surface area (Å²) < 4.78 is 6.78. The third-order valence-corrected chi connectivity index (χ3v) is 3.14. The Morgan fingerprint density at radius 3 is 2.50 bits per heavy atom. The summed E-state index contributed by atoms with van der Waals surface area (Å²) >= 11 is 3.42. The maximum Gasteiger partial charge on any atom is 0.224 e. The van der Waals surface area contributed by atoms with Gasteiger partial charge in [0.15, 0.2) is 0 Å². The van der Waals surface area contributed by atoms with Crippen LogP contribution < -0.4 is 10.1 Å². The maximum atomic E-state index is 5.82. The first-order chi connectivity index (χ1) is 9.38. The van der Waals surface area contributed by atoms with Crippen LogP contribution in [0.4, 0.5) is 5.82 Å². The van der Waals surface area contributed by atoms with E-state index in [0.29, 0.717) is 5.88 Å². The zero-order valence-corrected chi connectivity index (χ0v) is 13.7. The largest absolute Gasteiger partial charge is 0.439 e. The molecule has 0 aliphatic heterocycles. The number of aromatic nitrogens is 2. The minimum Gasteiger partial charge on any atom is -0.439 e. The molecule has 0 radical (unpaired) electrons. The first-order valence-corrected chi connectivity index (χ1v) is 7.18. The van der Waals surface area contributed by atoms with Crippen molar-refractivity contribution in [2.45, 2.75) is 26.2 Å². The standard InChI is InChI=1S/C15H18BrN3O/c1-15(2,3)14-18-12(17-4)9-13(19-14)20-11-7-5-6-10(16)8-11/h5-9H,1-4H3,(H,17,18,19). The number of rotatable bonds is 3. The molecule has 1 aromatic heterocycles. The van der Waals surface area contributed by atoms with E-state index in [4.69, 9.17) is 4.74 Å². The van der Waals surface area contributed by atoms with Crippen LogP contribution in [0.1, 0.15) is 26.6 Å². The van der Waals surface area contributed by atoms with Gasteiger partial charge >= 0.3 is 0 Å². The molecule has 0 saturated carbocycles. The highest BCUT2D eigenvalue weighted by atomic mass is 79.9. The lowest BCUT2D eigenvalue weighted by molar-refractivity contribution is 0.446. The maximum absolute atomic E-state index is 5.82. The zero-order valence-electron chi connectivity index (χ0n) is 12.1. The summed E-state index contributed by atoms with van der Waals surface area (Å²) in [5, 5.41) is 3.04. The number of anilines is 1. The van der Waals surface area contributed by atoms with Crippen molar-refractivity contribution in [1.29, 1.82) is 0 Å². The summed E-state index contributed by atoms with van der Waals surface area (Å²) in [4.78, 5) is 8.96. The summed E-state index contributed by atoms with van der Waals surface area (Å²) in [6.07, 6.45) is 0. The number of nitrogens with one attached hydrogen (secondary N) is 1. The van der Waals surface area contributed by atoms with Gasteiger partial charge in [0.1, 0.15) is 17.4 Å². The van der Waals surface area contributed by atoms with E-state index in [0.717, 1.165) is 21.9 Å². The second kappa shape index (κ2) is 5.79. The van der Waals surface area contributed by atoms with Crippen LogP contribution in [-0.4, -0.2) is 17.0 Å². The third kappa shape index (κ3) is 3.70. The summed E-state index contributed by atoms with van der Waals surface area (Å²) in [5.41, 5.74) is -0.137. The predicted molar refractivity (Wildman–Crippen MR) is 84.5 cm³/mol. The molecule has 0 aliphatic rings. The molecule has 106 valence electrons. The van der Waals surface area contributed by atoms with E-state index < -0.39 is 0 Å². The molecule has 2 rings (SSSR count). The van der Waals surface area contributed by atoms with Gasteiger partial charge < -0.3 is 10.1 Å². The van der Waals surface area contributed by atoms with Crippen molar-refractivity contribution < 1.29 is 4.74 Å². The van der Waals surface area contributed by atoms with E-state index in [2.05, 4.69) is 52.0 Å². The Balaban J connectivity index is 2.36. The van der Waals surface area contributed by atoms with Crippen LogP contribution >= 0.6 is 15.9 Å². The Morgan fingerprint density at radius 2 is 1.90 bits per heavy atom. The van der Waals surface area contributed by atoms with Gasteiger partial charge in [0, 0.05) is 23.0 Å². The molecule has 0 unspecified atom stereocenters. The number of benzene rings is 1. The molecule has 5 heteroatoms. The van der Waals surface area contributed by atoms with Gasteiger partial charge in [-0.2, -0.15) is 4.98 Å².